The second kappa shape index (κ2) is 2.77. The van der Waals surface area contributed by atoms with Gasteiger partial charge >= 0.3 is 0 Å². The number of hydrogen-bond donors (Lipinski definition) is 1. The van der Waals surface area contributed by atoms with Crippen LogP contribution < -0.4 is 0 Å². The van der Waals surface area contributed by atoms with Gasteiger partial charge in [0.1, 0.15) is 6.26 Å². The van der Waals surface area contributed by atoms with E-state index in [0.29, 0.717) is 0 Å². The van der Waals surface area contributed by atoms with E-state index in [1.807, 2.05) is 42.5 Å². The molecule has 0 radical (unpaired) electrons. The van der Waals surface area contributed by atoms with Crippen LogP contribution in [0.1, 0.15) is 0 Å². The van der Waals surface area contributed by atoms with Gasteiger partial charge in [0.05, 0.1) is 0 Å². The van der Waals surface area contributed by atoms with Gasteiger partial charge < -0.3 is 14.0 Å². The highest BCUT2D eigenvalue weighted by Gasteiger charge is 1.98. The standard InChI is InChI=1S/C9H10N2O/c1-11-4-5-12-9-6-10-3-2-8(9)7-11/h2-7,10H,1H3. The molecule has 1 N–H and O–H groups in total. The fourth-order valence-corrected chi connectivity index (χ4v) is 1.10. The van der Waals surface area contributed by atoms with Crippen molar-refractivity contribution in [1.29, 1.82) is 0 Å². The molecule has 0 saturated heterocycles. The molecule has 2 rings (SSSR count). The Morgan fingerprint density at radius 3 is 3.33 bits per heavy atom. The van der Waals surface area contributed by atoms with Gasteiger partial charge in [-0.1, -0.05) is 0 Å². The van der Waals surface area contributed by atoms with Gasteiger partial charge in [0, 0.05) is 37.4 Å². The topological polar surface area (TPSA) is 33.9 Å². The van der Waals surface area contributed by atoms with Crippen molar-refractivity contribution in [3.8, 4) is 11.3 Å². The maximum absolute atomic E-state index is 5.33. The number of nitrogens with zero attached hydrogens (tertiary/aromatic N) is 1. The van der Waals surface area contributed by atoms with E-state index in [-0.39, 0.29) is 0 Å². The number of hydrogen-bond acceptors (Lipinski definition) is 1. The van der Waals surface area contributed by atoms with Crippen LogP contribution in [0.25, 0.3) is 11.3 Å². The molecule has 0 atom stereocenters. The van der Waals surface area contributed by atoms with Gasteiger partial charge in [0.15, 0.2) is 5.76 Å². The van der Waals surface area contributed by atoms with Crippen LogP contribution in [0.3, 0.4) is 0 Å². The summed E-state index contributed by atoms with van der Waals surface area (Å²) in [5, 5.41) is 0. The van der Waals surface area contributed by atoms with Gasteiger partial charge in [-0.25, -0.2) is 0 Å². The van der Waals surface area contributed by atoms with Crippen molar-refractivity contribution in [3.63, 3.8) is 0 Å². The smallest absolute Gasteiger partial charge is 0.151 e. The Kier molecular flexibility index (Phi) is 1.63. The Hall–Kier alpha value is -1.64. The Bertz CT molecular complexity index is 381. The molecule has 0 aromatic heterocycles. The summed E-state index contributed by atoms with van der Waals surface area (Å²) >= 11 is 0. The van der Waals surface area contributed by atoms with Crippen molar-refractivity contribution < 1.29 is 4.42 Å². The summed E-state index contributed by atoms with van der Waals surface area (Å²) < 4.78 is 7.28. The number of nitrogens with one attached hydrogen (secondary N) is 1. The average Bonchev–Trinajstić information content (AvgIpc) is 2.25. The predicted molar refractivity (Wildman–Crippen MR) is 46.3 cm³/mol. The minimum atomic E-state index is 0.845. The second-order valence-corrected chi connectivity index (χ2v) is 2.66. The zero-order valence-electron chi connectivity index (χ0n) is 6.82. The lowest BCUT2D eigenvalue weighted by Gasteiger charge is -1.97. The van der Waals surface area contributed by atoms with E-state index in [2.05, 4.69) is 4.98 Å². The fourth-order valence-electron chi connectivity index (χ4n) is 1.10. The molecule has 0 bridgehead atoms. The molecule has 0 fully saturated rings. The highest BCUT2D eigenvalue weighted by molar-refractivity contribution is 5.54. The number of H-pyrrole nitrogens is 1. The lowest BCUT2D eigenvalue weighted by molar-refractivity contribution is 0.566. The molecule has 0 aromatic rings. The van der Waals surface area contributed by atoms with Crippen molar-refractivity contribution in [2.45, 2.75) is 0 Å². The molecule has 62 valence electrons. The quantitative estimate of drug-likeness (QED) is 0.632. The zero-order valence-corrected chi connectivity index (χ0v) is 6.82. The lowest BCUT2D eigenvalue weighted by Crippen LogP contribution is -1.84. The van der Waals surface area contributed by atoms with Gasteiger partial charge in [0.2, 0.25) is 0 Å². The zero-order chi connectivity index (χ0) is 8.39. The first-order valence-corrected chi connectivity index (χ1v) is 3.76. The summed E-state index contributed by atoms with van der Waals surface area (Å²) in [7, 11) is 1.96. The van der Waals surface area contributed by atoms with Gasteiger partial charge in [-0.3, -0.25) is 0 Å². The first-order valence-electron chi connectivity index (χ1n) is 3.76. The van der Waals surface area contributed by atoms with Crippen molar-refractivity contribution in [3.05, 3.63) is 37.1 Å². The molecule has 0 unspecified atom stereocenters. The van der Waals surface area contributed by atoms with Crippen LogP contribution in [0, 0.1) is 0 Å². The van der Waals surface area contributed by atoms with Crippen molar-refractivity contribution in [1.82, 2.24) is 9.55 Å². The summed E-state index contributed by atoms with van der Waals surface area (Å²) in [6.07, 6.45) is 9.23. The van der Waals surface area contributed by atoms with Crippen LogP contribution in [-0.4, -0.2) is 9.55 Å². The molecule has 0 aromatic carbocycles. The number of aryl methyl sites for hydroxylation is 1. The number of aromatic amines is 1. The van der Waals surface area contributed by atoms with Crippen molar-refractivity contribution in [2.75, 3.05) is 0 Å². The van der Waals surface area contributed by atoms with Gasteiger partial charge in [0.25, 0.3) is 0 Å². The van der Waals surface area contributed by atoms with Crippen LogP contribution in [0.2, 0.25) is 0 Å². The third-order valence-corrected chi connectivity index (χ3v) is 1.69. The number of pyridine rings is 1. The monoisotopic (exact) mass is 162 g/mol. The molecule has 3 nitrogen and oxygen atoms in total. The third kappa shape index (κ3) is 1.21. The number of aromatic nitrogens is 2. The minimum absolute atomic E-state index is 0.845. The van der Waals surface area contributed by atoms with Gasteiger partial charge in [-0.2, -0.15) is 0 Å². The summed E-state index contributed by atoms with van der Waals surface area (Å²) in [6.45, 7) is 0. The summed E-state index contributed by atoms with van der Waals surface area (Å²) in [6, 6.07) is 1.97. The summed E-state index contributed by atoms with van der Waals surface area (Å²) in [4.78, 5) is 2.97. The average molecular weight is 162 g/mol. The first kappa shape index (κ1) is 7.03. The first-order chi connectivity index (χ1) is 5.86. The van der Waals surface area contributed by atoms with Crippen LogP contribution in [0.15, 0.2) is 41.5 Å². The number of fused-ring (bicyclic) bond motifs is 1. The van der Waals surface area contributed by atoms with E-state index in [1.165, 1.54) is 0 Å². The molecule has 12 heavy (non-hydrogen) atoms. The molecule has 2 heterocycles. The molecular weight excluding hydrogens is 152 g/mol. The molecule has 3 heteroatoms. The molecule has 0 saturated carbocycles. The Morgan fingerprint density at radius 1 is 1.50 bits per heavy atom. The fraction of sp³-hybridized carbons (Fsp3) is 0.111. The highest BCUT2D eigenvalue weighted by Crippen LogP contribution is 2.16. The van der Waals surface area contributed by atoms with E-state index in [4.69, 9.17) is 4.42 Å². The van der Waals surface area contributed by atoms with E-state index < -0.39 is 0 Å². The lowest BCUT2D eigenvalue weighted by atomic mass is 10.2. The Morgan fingerprint density at radius 2 is 2.42 bits per heavy atom. The molecule has 0 spiro atoms. The second-order valence-electron chi connectivity index (χ2n) is 2.66. The third-order valence-electron chi connectivity index (χ3n) is 1.69. The largest absolute Gasteiger partial charge is 0.461 e. The van der Waals surface area contributed by atoms with E-state index in [0.717, 1.165) is 11.3 Å². The van der Waals surface area contributed by atoms with Crippen LogP contribution in [-0.2, 0) is 7.05 Å². The maximum atomic E-state index is 5.33. The molecule has 2 aliphatic rings. The number of rotatable bonds is 0. The maximum Gasteiger partial charge on any atom is 0.151 e. The van der Waals surface area contributed by atoms with Gasteiger partial charge in [-0.05, 0) is 6.07 Å². The SMILES string of the molecule is Cn1ccoc2c[nH]ccc-2c1. The van der Waals surface area contributed by atoms with Crippen LogP contribution >= 0.6 is 0 Å². The van der Waals surface area contributed by atoms with Crippen LogP contribution in [0.4, 0.5) is 0 Å². The molecular formula is C9H10N2O. The van der Waals surface area contributed by atoms with E-state index in [9.17, 15) is 0 Å². The van der Waals surface area contributed by atoms with E-state index in [1.54, 1.807) is 6.26 Å². The minimum Gasteiger partial charge on any atom is -0.461 e. The van der Waals surface area contributed by atoms with E-state index >= 15 is 0 Å². The molecule has 2 aliphatic heterocycles. The Balaban J connectivity index is 2.75. The molecule has 0 amide bonds. The Labute approximate surface area is 70.3 Å². The van der Waals surface area contributed by atoms with Gasteiger partial charge in [-0.15, -0.1) is 0 Å². The summed E-state index contributed by atoms with van der Waals surface area (Å²) in [5.74, 6) is 0.845. The summed E-state index contributed by atoms with van der Waals surface area (Å²) in [5.41, 5.74) is 1.07. The normalized spacial score (nSPS) is 10.1. The van der Waals surface area contributed by atoms with Crippen molar-refractivity contribution >= 4 is 0 Å². The van der Waals surface area contributed by atoms with Crippen LogP contribution in [0.5, 0.6) is 0 Å². The molecule has 0 aliphatic carbocycles. The predicted octanol–water partition coefficient (Wildman–Crippen LogP) is 2.18. The van der Waals surface area contributed by atoms with Crippen molar-refractivity contribution in [2.24, 2.45) is 7.05 Å². The highest BCUT2D eigenvalue weighted by atomic mass is 16.3.